The third-order valence-electron chi connectivity index (χ3n) is 3.04. The molecule has 5 heteroatoms. The Morgan fingerprint density at radius 1 is 1.44 bits per heavy atom. The van der Waals surface area contributed by atoms with Crippen molar-refractivity contribution in [1.82, 2.24) is 5.32 Å². The van der Waals surface area contributed by atoms with Gasteiger partial charge in [0.1, 0.15) is 5.82 Å². The Balaban J connectivity index is 1.86. The lowest BCUT2D eigenvalue weighted by atomic mass is 9.99. The van der Waals surface area contributed by atoms with E-state index in [2.05, 4.69) is 21.2 Å². The van der Waals surface area contributed by atoms with Crippen LogP contribution in [0.2, 0.25) is 0 Å². The zero-order valence-corrected chi connectivity index (χ0v) is 11.5. The number of hydrogen-bond donors (Lipinski definition) is 1. The molecule has 0 aromatic heterocycles. The van der Waals surface area contributed by atoms with E-state index in [0.717, 1.165) is 18.4 Å². The molecule has 0 bridgehead atoms. The van der Waals surface area contributed by atoms with Crippen molar-refractivity contribution in [1.29, 1.82) is 0 Å². The lowest BCUT2D eigenvalue weighted by Gasteiger charge is -2.21. The third-order valence-corrected chi connectivity index (χ3v) is 3.69. The summed E-state index contributed by atoms with van der Waals surface area (Å²) >= 11 is 3.10. The van der Waals surface area contributed by atoms with Gasteiger partial charge in [-0.15, -0.1) is 0 Å². The first kappa shape index (κ1) is 13.5. The van der Waals surface area contributed by atoms with Crippen LogP contribution in [0.1, 0.15) is 18.4 Å². The summed E-state index contributed by atoms with van der Waals surface area (Å²) in [6.45, 7) is 1.65. The molecule has 1 fully saturated rings. The first-order chi connectivity index (χ1) is 8.66. The second kappa shape index (κ2) is 6.29. The molecule has 18 heavy (non-hydrogen) atoms. The van der Waals surface area contributed by atoms with Crippen LogP contribution in [0, 0.1) is 11.7 Å². The van der Waals surface area contributed by atoms with Crippen LogP contribution in [-0.4, -0.2) is 19.1 Å². The van der Waals surface area contributed by atoms with Crippen LogP contribution >= 0.6 is 15.9 Å². The van der Waals surface area contributed by atoms with Crippen molar-refractivity contribution in [2.75, 3.05) is 13.2 Å². The number of benzene rings is 1. The van der Waals surface area contributed by atoms with E-state index in [-0.39, 0.29) is 17.6 Å². The van der Waals surface area contributed by atoms with Crippen molar-refractivity contribution in [3.63, 3.8) is 0 Å². The molecule has 0 unspecified atom stereocenters. The molecular formula is C13H15BrFNO2. The van der Waals surface area contributed by atoms with Crippen LogP contribution in [0.25, 0.3) is 0 Å². The van der Waals surface area contributed by atoms with E-state index in [1.807, 2.05) is 0 Å². The third kappa shape index (κ3) is 3.53. The topological polar surface area (TPSA) is 38.3 Å². The van der Waals surface area contributed by atoms with Gasteiger partial charge in [-0.25, -0.2) is 4.39 Å². The first-order valence-corrected chi connectivity index (χ1v) is 6.75. The van der Waals surface area contributed by atoms with Crippen LogP contribution in [0.4, 0.5) is 4.39 Å². The Hall–Kier alpha value is -0.940. The van der Waals surface area contributed by atoms with E-state index >= 15 is 0 Å². The standard InChI is InChI=1S/C13H15BrFNO2/c14-11-2-1-9(7-12(11)15)8-16-13(17)10-3-5-18-6-4-10/h1-2,7,10H,3-6,8H2,(H,16,17). The molecule has 3 nitrogen and oxygen atoms in total. The average Bonchev–Trinajstić information content (AvgIpc) is 2.41. The maximum Gasteiger partial charge on any atom is 0.223 e. The molecule has 1 amide bonds. The fraction of sp³-hybridized carbons (Fsp3) is 0.462. The predicted molar refractivity (Wildman–Crippen MR) is 69.5 cm³/mol. The minimum atomic E-state index is -0.312. The highest BCUT2D eigenvalue weighted by atomic mass is 79.9. The second-order valence-corrected chi connectivity index (χ2v) is 5.21. The minimum Gasteiger partial charge on any atom is -0.381 e. The summed E-state index contributed by atoms with van der Waals surface area (Å²) in [4.78, 5) is 11.9. The van der Waals surface area contributed by atoms with Crippen molar-refractivity contribution < 1.29 is 13.9 Å². The Bertz CT molecular complexity index is 433. The van der Waals surface area contributed by atoms with E-state index in [9.17, 15) is 9.18 Å². The molecule has 0 spiro atoms. The van der Waals surface area contributed by atoms with Gasteiger partial charge in [-0.2, -0.15) is 0 Å². The molecule has 1 N–H and O–H groups in total. The number of rotatable bonds is 3. The van der Waals surface area contributed by atoms with Crippen LogP contribution < -0.4 is 5.32 Å². The number of carbonyl (C=O) groups is 1. The fourth-order valence-electron chi connectivity index (χ4n) is 1.94. The van der Waals surface area contributed by atoms with Crippen molar-refractivity contribution in [3.8, 4) is 0 Å². The highest BCUT2D eigenvalue weighted by Crippen LogP contribution is 2.17. The second-order valence-electron chi connectivity index (χ2n) is 4.35. The molecule has 0 radical (unpaired) electrons. The summed E-state index contributed by atoms with van der Waals surface area (Å²) in [6, 6.07) is 4.86. The Labute approximate surface area is 114 Å². The molecule has 0 atom stereocenters. The van der Waals surface area contributed by atoms with Crippen LogP contribution in [0.5, 0.6) is 0 Å². The van der Waals surface area contributed by atoms with Gasteiger partial charge in [-0.3, -0.25) is 4.79 Å². The summed E-state index contributed by atoms with van der Waals surface area (Å²) in [5.74, 6) is -0.256. The van der Waals surface area contributed by atoms with Gasteiger partial charge in [-0.05, 0) is 46.5 Å². The largest absolute Gasteiger partial charge is 0.381 e. The lowest BCUT2D eigenvalue weighted by molar-refractivity contribution is -0.128. The zero-order chi connectivity index (χ0) is 13.0. The molecule has 1 heterocycles. The number of nitrogens with one attached hydrogen (secondary N) is 1. The minimum absolute atomic E-state index is 0.0269. The monoisotopic (exact) mass is 315 g/mol. The van der Waals surface area contributed by atoms with Gasteiger partial charge >= 0.3 is 0 Å². The summed E-state index contributed by atoms with van der Waals surface area (Å²) < 4.78 is 18.9. The van der Waals surface area contributed by atoms with Crippen molar-refractivity contribution >= 4 is 21.8 Å². The first-order valence-electron chi connectivity index (χ1n) is 5.96. The van der Waals surface area contributed by atoms with Crippen LogP contribution in [0.15, 0.2) is 22.7 Å². The Morgan fingerprint density at radius 3 is 2.83 bits per heavy atom. The van der Waals surface area contributed by atoms with E-state index in [1.54, 1.807) is 12.1 Å². The molecule has 1 aliphatic rings. The van der Waals surface area contributed by atoms with Gasteiger partial charge in [0.05, 0.1) is 4.47 Å². The normalized spacial score (nSPS) is 16.6. The van der Waals surface area contributed by atoms with Crippen molar-refractivity contribution in [3.05, 3.63) is 34.1 Å². The maximum atomic E-state index is 13.3. The number of ether oxygens (including phenoxy) is 1. The van der Waals surface area contributed by atoms with E-state index in [4.69, 9.17) is 4.74 Å². The SMILES string of the molecule is O=C(NCc1ccc(Br)c(F)c1)C1CCOCC1. The lowest BCUT2D eigenvalue weighted by Crippen LogP contribution is -2.33. The molecule has 0 saturated carbocycles. The van der Waals surface area contributed by atoms with Crippen LogP contribution in [-0.2, 0) is 16.1 Å². The molecule has 1 aromatic carbocycles. The van der Waals surface area contributed by atoms with Gasteiger partial charge < -0.3 is 10.1 Å². The molecule has 1 aromatic rings. The van der Waals surface area contributed by atoms with Gasteiger partial charge in [0.25, 0.3) is 0 Å². The predicted octanol–water partition coefficient (Wildman–Crippen LogP) is 2.63. The Kier molecular flexibility index (Phi) is 4.72. The Morgan fingerprint density at radius 2 is 2.17 bits per heavy atom. The number of carbonyl (C=O) groups excluding carboxylic acids is 1. The van der Waals surface area contributed by atoms with E-state index in [1.165, 1.54) is 6.07 Å². The number of hydrogen-bond acceptors (Lipinski definition) is 2. The zero-order valence-electron chi connectivity index (χ0n) is 9.92. The van der Waals surface area contributed by atoms with Crippen molar-refractivity contribution in [2.45, 2.75) is 19.4 Å². The smallest absolute Gasteiger partial charge is 0.223 e. The molecule has 0 aliphatic carbocycles. The van der Waals surface area contributed by atoms with E-state index in [0.29, 0.717) is 24.2 Å². The molecule has 1 saturated heterocycles. The highest BCUT2D eigenvalue weighted by molar-refractivity contribution is 9.10. The van der Waals surface area contributed by atoms with Gasteiger partial charge in [0, 0.05) is 25.7 Å². The number of halogens is 2. The summed E-state index contributed by atoms with van der Waals surface area (Å²) in [7, 11) is 0. The van der Waals surface area contributed by atoms with E-state index < -0.39 is 0 Å². The molecule has 2 rings (SSSR count). The van der Waals surface area contributed by atoms with Gasteiger partial charge in [-0.1, -0.05) is 6.07 Å². The van der Waals surface area contributed by atoms with Gasteiger partial charge in [0.2, 0.25) is 5.91 Å². The summed E-state index contributed by atoms with van der Waals surface area (Å²) in [6.07, 6.45) is 1.53. The fourth-order valence-corrected chi connectivity index (χ4v) is 2.19. The maximum absolute atomic E-state index is 13.3. The highest BCUT2D eigenvalue weighted by Gasteiger charge is 2.21. The molecular weight excluding hydrogens is 301 g/mol. The summed E-state index contributed by atoms with van der Waals surface area (Å²) in [5, 5.41) is 2.84. The average molecular weight is 316 g/mol. The molecule has 1 aliphatic heterocycles. The number of amides is 1. The van der Waals surface area contributed by atoms with Crippen LogP contribution in [0.3, 0.4) is 0 Å². The summed E-state index contributed by atoms with van der Waals surface area (Å²) in [5.41, 5.74) is 0.760. The quantitative estimate of drug-likeness (QED) is 0.931. The van der Waals surface area contributed by atoms with Crippen molar-refractivity contribution in [2.24, 2.45) is 5.92 Å². The van der Waals surface area contributed by atoms with Gasteiger partial charge in [0.15, 0.2) is 0 Å². The molecule has 98 valence electrons.